The van der Waals surface area contributed by atoms with Gasteiger partial charge in [-0.15, -0.1) is 23.1 Å². The summed E-state index contributed by atoms with van der Waals surface area (Å²) in [6.07, 6.45) is 1.28. The van der Waals surface area contributed by atoms with Crippen LogP contribution in [0.1, 0.15) is 35.5 Å². The molecule has 46 heavy (non-hydrogen) atoms. The SMILES string of the molecule is CCOC(=O)Cc1csc(NC(=O)C(C)Sc2ccc(NC(=O)/C(=C/c3ccccc3[N+](=O)[O-])NC(=O)c3ccccc3)cc2)n1. The van der Waals surface area contributed by atoms with Crippen molar-refractivity contribution in [3.8, 4) is 0 Å². The van der Waals surface area contributed by atoms with E-state index in [-0.39, 0.29) is 35.9 Å². The van der Waals surface area contributed by atoms with E-state index in [4.69, 9.17) is 4.74 Å². The Morgan fingerprint density at radius 2 is 1.70 bits per heavy atom. The molecule has 0 spiro atoms. The molecule has 4 rings (SSSR count). The predicted molar refractivity (Wildman–Crippen MR) is 176 cm³/mol. The number of nitrogens with zero attached hydrogens (tertiary/aromatic N) is 2. The highest BCUT2D eigenvalue weighted by Crippen LogP contribution is 2.27. The molecule has 0 aliphatic heterocycles. The lowest BCUT2D eigenvalue weighted by Crippen LogP contribution is -2.30. The summed E-state index contributed by atoms with van der Waals surface area (Å²) in [7, 11) is 0. The Hall–Kier alpha value is -5.34. The fourth-order valence-electron chi connectivity index (χ4n) is 3.96. The van der Waals surface area contributed by atoms with E-state index in [0.717, 1.165) is 4.90 Å². The van der Waals surface area contributed by atoms with Gasteiger partial charge < -0.3 is 20.7 Å². The third-order valence-electron chi connectivity index (χ3n) is 6.17. The van der Waals surface area contributed by atoms with Crippen LogP contribution in [-0.2, 0) is 25.5 Å². The van der Waals surface area contributed by atoms with Gasteiger partial charge in [-0.2, -0.15) is 0 Å². The number of nitro benzene ring substituents is 1. The summed E-state index contributed by atoms with van der Waals surface area (Å²) in [5, 5.41) is 21.1. The number of carbonyl (C=O) groups excluding carboxylic acids is 4. The lowest BCUT2D eigenvalue weighted by atomic mass is 10.1. The number of ether oxygens (including phenoxy) is 1. The molecular formula is C32H29N5O7S2. The van der Waals surface area contributed by atoms with Crippen LogP contribution in [0.3, 0.4) is 0 Å². The first-order valence-corrected chi connectivity index (χ1v) is 15.7. The number of hydrogen-bond acceptors (Lipinski definition) is 10. The molecule has 0 saturated carbocycles. The van der Waals surface area contributed by atoms with Gasteiger partial charge in [0.05, 0.1) is 34.5 Å². The predicted octanol–water partition coefficient (Wildman–Crippen LogP) is 5.69. The molecule has 0 saturated heterocycles. The number of anilines is 2. The minimum Gasteiger partial charge on any atom is -0.466 e. The third-order valence-corrected chi connectivity index (χ3v) is 8.09. The Morgan fingerprint density at radius 3 is 2.39 bits per heavy atom. The fourth-order valence-corrected chi connectivity index (χ4v) is 5.54. The number of benzene rings is 3. The number of carbonyl (C=O) groups is 4. The number of aromatic nitrogens is 1. The van der Waals surface area contributed by atoms with Gasteiger partial charge in [0, 0.05) is 27.6 Å². The van der Waals surface area contributed by atoms with E-state index < -0.39 is 28.0 Å². The lowest BCUT2D eigenvalue weighted by molar-refractivity contribution is -0.385. The van der Waals surface area contributed by atoms with Gasteiger partial charge in [0.1, 0.15) is 5.70 Å². The van der Waals surface area contributed by atoms with Gasteiger partial charge in [-0.3, -0.25) is 29.3 Å². The standard InChI is InChI=1S/C32H29N5O7S2/c1-3-44-28(38)18-24-19-45-32(34-24)36-29(39)20(2)46-25-15-13-23(14-16-25)33-31(41)26(35-30(40)21-9-5-4-6-10-21)17-22-11-7-8-12-27(22)37(42)43/h4-17,19-20H,3,18H2,1-2H3,(H,33,41)(H,35,40)(H,34,36,39)/b26-17-. The molecule has 12 nitrogen and oxygen atoms in total. The highest BCUT2D eigenvalue weighted by atomic mass is 32.2. The van der Waals surface area contributed by atoms with Crippen molar-refractivity contribution in [3.05, 3.63) is 117 Å². The average Bonchev–Trinajstić information content (AvgIpc) is 3.48. The van der Waals surface area contributed by atoms with Gasteiger partial charge in [-0.25, -0.2) is 4.98 Å². The Bertz CT molecular complexity index is 1760. The lowest BCUT2D eigenvalue weighted by Gasteiger charge is -2.13. The molecule has 1 atom stereocenters. The monoisotopic (exact) mass is 659 g/mol. The maximum Gasteiger partial charge on any atom is 0.311 e. The van der Waals surface area contributed by atoms with Gasteiger partial charge >= 0.3 is 5.97 Å². The topological polar surface area (TPSA) is 170 Å². The summed E-state index contributed by atoms with van der Waals surface area (Å²) in [6, 6.07) is 20.8. The maximum atomic E-state index is 13.3. The fraction of sp³-hybridized carbons (Fsp3) is 0.156. The Balaban J connectivity index is 1.41. The van der Waals surface area contributed by atoms with Crippen LogP contribution in [0.4, 0.5) is 16.5 Å². The van der Waals surface area contributed by atoms with Crippen LogP contribution in [-0.4, -0.2) is 45.5 Å². The molecule has 236 valence electrons. The van der Waals surface area contributed by atoms with Crippen LogP contribution in [0.15, 0.2) is 94.8 Å². The molecule has 0 aliphatic carbocycles. The van der Waals surface area contributed by atoms with Gasteiger partial charge in [-0.05, 0) is 62.4 Å². The first-order chi connectivity index (χ1) is 22.1. The molecule has 3 amide bonds. The minimum absolute atomic E-state index is 0.0241. The minimum atomic E-state index is -0.693. The van der Waals surface area contributed by atoms with Crippen molar-refractivity contribution < 1.29 is 28.8 Å². The van der Waals surface area contributed by atoms with E-state index in [9.17, 15) is 29.3 Å². The summed E-state index contributed by atoms with van der Waals surface area (Å²) >= 11 is 2.50. The maximum absolute atomic E-state index is 13.3. The second-order valence-corrected chi connectivity index (χ2v) is 11.8. The van der Waals surface area contributed by atoms with Crippen molar-refractivity contribution in [2.24, 2.45) is 0 Å². The van der Waals surface area contributed by atoms with Crippen LogP contribution in [0.2, 0.25) is 0 Å². The Kier molecular flexibility index (Phi) is 11.7. The molecule has 4 aromatic rings. The number of nitro groups is 1. The van der Waals surface area contributed by atoms with E-state index in [1.54, 1.807) is 79.9 Å². The van der Waals surface area contributed by atoms with Gasteiger partial charge in [0.15, 0.2) is 5.13 Å². The molecule has 0 aliphatic rings. The van der Waals surface area contributed by atoms with Gasteiger partial charge in [0.25, 0.3) is 17.5 Å². The number of hydrogen-bond donors (Lipinski definition) is 3. The number of nitrogens with one attached hydrogen (secondary N) is 3. The third kappa shape index (κ3) is 9.58. The normalized spacial score (nSPS) is 11.7. The summed E-state index contributed by atoms with van der Waals surface area (Å²) in [5.41, 5.74) is 0.920. The summed E-state index contributed by atoms with van der Waals surface area (Å²) in [4.78, 5) is 66.6. The molecule has 1 heterocycles. The molecule has 1 aromatic heterocycles. The van der Waals surface area contributed by atoms with Crippen molar-refractivity contribution in [1.29, 1.82) is 0 Å². The molecule has 3 N–H and O–H groups in total. The molecule has 3 aromatic carbocycles. The first kappa shape index (κ1) is 33.6. The summed E-state index contributed by atoms with van der Waals surface area (Å²) in [6.45, 7) is 3.73. The van der Waals surface area contributed by atoms with Crippen molar-refractivity contribution in [3.63, 3.8) is 0 Å². The number of thiazole rings is 1. The molecular weight excluding hydrogens is 631 g/mol. The average molecular weight is 660 g/mol. The molecule has 0 fully saturated rings. The van der Waals surface area contributed by atoms with Crippen LogP contribution in [0, 0.1) is 10.1 Å². The van der Waals surface area contributed by atoms with Gasteiger partial charge in [0.2, 0.25) is 5.91 Å². The van der Waals surface area contributed by atoms with E-state index >= 15 is 0 Å². The molecule has 0 radical (unpaired) electrons. The smallest absolute Gasteiger partial charge is 0.311 e. The zero-order chi connectivity index (χ0) is 33.1. The quantitative estimate of drug-likeness (QED) is 0.0537. The highest BCUT2D eigenvalue weighted by molar-refractivity contribution is 8.00. The number of amides is 3. The Labute approximate surface area is 272 Å². The van der Waals surface area contributed by atoms with Gasteiger partial charge in [-0.1, -0.05) is 30.3 Å². The van der Waals surface area contributed by atoms with Crippen LogP contribution < -0.4 is 16.0 Å². The molecule has 14 heteroatoms. The molecule has 0 bridgehead atoms. The van der Waals surface area contributed by atoms with Crippen molar-refractivity contribution >= 4 is 69.4 Å². The number of para-hydroxylation sites is 1. The highest BCUT2D eigenvalue weighted by Gasteiger charge is 2.20. The van der Waals surface area contributed by atoms with Crippen molar-refractivity contribution in [2.45, 2.75) is 30.4 Å². The second kappa shape index (κ2) is 16.1. The number of esters is 1. The zero-order valence-corrected chi connectivity index (χ0v) is 26.4. The van der Waals surface area contributed by atoms with Crippen LogP contribution >= 0.6 is 23.1 Å². The van der Waals surface area contributed by atoms with Crippen LogP contribution in [0.5, 0.6) is 0 Å². The molecule has 1 unspecified atom stereocenters. The summed E-state index contributed by atoms with van der Waals surface area (Å²) in [5.74, 6) is -1.93. The zero-order valence-electron chi connectivity index (χ0n) is 24.7. The van der Waals surface area contributed by atoms with E-state index in [0.29, 0.717) is 22.1 Å². The second-order valence-electron chi connectivity index (χ2n) is 9.55. The van der Waals surface area contributed by atoms with Crippen LogP contribution in [0.25, 0.3) is 6.08 Å². The summed E-state index contributed by atoms with van der Waals surface area (Å²) < 4.78 is 4.92. The number of thioether (sulfide) groups is 1. The Morgan fingerprint density at radius 1 is 1.00 bits per heavy atom. The largest absolute Gasteiger partial charge is 0.466 e. The first-order valence-electron chi connectivity index (χ1n) is 13.9. The van der Waals surface area contributed by atoms with E-state index in [1.807, 2.05) is 0 Å². The van der Waals surface area contributed by atoms with E-state index in [2.05, 4.69) is 20.9 Å². The number of rotatable bonds is 13. The van der Waals surface area contributed by atoms with Crippen molar-refractivity contribution in [1.82, 2.24) is 10.3 Å². The van der Waals surface area contributed by atoms with E-state index in [1.165, 1.54) is 47.4 Å². The van der Waals surface area contributed by atoms with Crippen molar-refractivity contribution in [2.75, 3.05) is 17.2 Å².